The van der Waals surface area contributed by atoms with Gasteiger partial charge in [0.25, 0.3) is 0 Å². The van der Waals surface area contributed by atoms with Gasteiger partial charge in [0.15, 0.2) is 0 Å². The molecule has 19 heavy (non-hydrogen) atoms. The second-order valence-electron chi connectivity index (χ2n) is 4.55. The molecule has 0 fully saturated rings. The van der Waals surface area contributed by atoms with Gasteiger partial charge in [0, 0.05) is 25.5 Å². The van der Waals surface area contributed by atoms with Crippen LogP contribution in [0, 0.1) is 0 Å². The molecule has 1 unspecified atom stereocenters. The molecule has 2 heterocycles. The molecule has 4 nitrogen and oxygen atoms in total. The van der Waals surface area contributed by atoms with Crippen LogP contribution in [0.2, 0.25) is 0 Å². The molecular weight excluding hydrogens is 256 g/mol. The molecule has 102 valence electrons. The average Bonchev–Trinajstić information content (AvgIpc) is 2.81. The van der Waals surface area contributed by atoms with Crippen molar-refractivity contribution in [1.29, 1.82) is 0 Å². The van der Waals surface area contributed by atoms with Crippen LogP contribution >= 0.6 is 11.8 Å². The Kier molecular flexibility index (Phi) is 4.99. The number of pyridine rings is 1. The maximum absolute atomic E-state index is 4.40. The number of nitrogens with zero attached hydrogens (tertiary/aromatic N) is 3. The molecule has 0 saturated heterocycles. The number of nitrogens with one attached hydrogen (secondary N) is 1. The zero-order chi connectivity index (χ0) is 13.7. The van der Waals surface area contributed by atoms with E-state index >= 15 is 0 Å². The van der Waals surface area contributed by atoms with E-state index in [1.54, 1.807) is 16.4 Å². The van der Waals surface area contributed by atoms with E-state index in [0.717, 1.165) is 22.9 Å². The summed E-state index contributed by atoms with van der Waals surface area (Å²) < 4.78 is 1.80. The molecular formula is C14H20N4S. The Morgan fingerprint density at radius 1 is 1.47 bits per heavy atom. The minimum atomic E-state index is 0.358. The Bertz CT molecular complexity index is 524. The highest BCUT2D eigenvalue weighted by Crippen LogP contribution is 2.26. The molecule has 0 amide bonds. The summed E-state index contributed by atoms with van der Waals surface area (Å²) >= 11 is 1.64. The Morgan fingerprint density at radius 3 is 3.00 bits per heavy atom. The number of hydrogen-bond acceptors (Lipinski definition) is 4. The molecule has 2 aromatic heterocycles. The monoisotopic (exact) mass is 276 g/mol. The summed E-state index contributed by atoms with van der Waals surface area (Å²) in [5, 5.41) is 8.67. The summed E-state index contributed by atoms with van der Waals surface area (Å²) in [5.41, 5.74) is 1.27. The molecule has 0 bridgehead atoms. The van der Waals surface area contributed by atoms with E-state index in [1.165, 1.54) is 5.56 Å². The molecule has 0 aliphatic heterocycles. The molecule has 1 N–H and O–H groups in total. The van der Waals surface area contributed by atoms with Crippen molar-refractivity contribution in [2.45, 2.75) is 36.2 Å². The third-order valence-corrected chi connectivity index (χ3v) is 3.74. The minimum absolute atomic E-state index is 0.358. The summed E-state index contributed by atoms with van der Waals surface area (Å²) in [6.45, 7) is 5.40. The van der Waals surface area contributed by atoms with Crippen molar-refractivity contribution in [3.8, 4) is 0 Å². The average molecular weight is 276 g/mol. The smallest absolute Gasteiger partial charge is 0.101 e. The van der Waals surface area contributed by atoms with Gasteiger partial charge in [-0.15, -0.1) is 0 Å². The topological polar surface area (TPSA) is 42.7 Å². The fourth-order valence-electron chi connectivity index (χ4n) is 1.80. The van der Waals surface area contributed by atoms with Crippen LogP contribution in [0.25, 0.3) is 0 Å². The molecule has 0 saturated carbocycles. The molecule has 5 heteroatoms. The van der Waals surface area contributed by atoms with Crippen molar-refractivity contribution in [3.05, 3.63) is 36.3 Å². The maximum atomic E-state index is 4.40. The summed E-state index contributed by atoms with van der Waals surface area (Å²) in [7, 11) is 1.92. The van der Waals surface area contributed by atoms with Crippen LogP contribution in [0.1, 0.15) is 31.9 Å². The van der Waals surface area contributed by atoms with Gasteiger partial charge in [-0.2, -0.15) is 5.10 Å². The SMILES string of the molecule is CCCNC(C)c1ccnc(Sc2cnn(C)c2)c1. The third-order valence-electron chi connectivity index (χ3n) is 2.86. The van der Waals surface area contributed by atoms with Gasteiger partial charge in [-0.3, -0.25) is 4.68 Å². The van der Waals surface area contributed by atoms with Gasteiger partial charge in [-0.1, -0.05) is 18.7 Å². The Labute approximate surface area is 118 Å². The highest BCUT2D eigenvalue weighted by atomic mass is 32.2. The summed E-state index contributed by atoms with van der Waals surface area (Å²) in [6.07, 6.45) is 6.88. The van der Waals surface area contributed by atoms with Crippen LogP contribution in [0.5, 0.6) is 0 Å². The molecule has 0 aromatic carbocycles. The molecule has 0 radical (unpaired) electrons. The molecule has 1 atom stereocenters. The first-order valence-electron chi connectivity index (χ1n) is 6.55. The van der Waals surface area contributed by atoms with Gasteiger partial charge in [0.1, 0.15) is 5.03 Å². The zero-order valence-corrected chi connectivity index (χ0v) is 12.4. The van der Waals surface area contributed by atoms with Gasteiger partial charge >= 0.3 is 0 Å². The fraction of sp³-hybridized carbons (Fsp3) is 0.429. The summed E-state index contributed by atoms with van der Waals surface area (Å²) in [5.74, 6) is 0. The highest BCUT2D eigenvalue weighted by molar-refractivity contribution is 7.99. The fourth-order valence-corrected chi connectivity index (χ4v) is 2.66. The van der Waals surface area contributed by atoms with Gasteiger partial charge in [0.2, 0.25) is 0 Å². The normalized spacial score (nSPS) is 12.6. The molecule has 0 aliphatic carbocycles. The lowest BCUT2D eigenvalue weighted by atomic mass is 10.1. The van der Waals surface area contributed by atoms with Crippen molar-refractivity contribution in [3.63, 3.8) is 0 Å². The highest BCUT2D eigenvalue weighted by Gasteiger charge is 2.07. The first-order valence-corrected chi connectivity index (χ1v) is 7.36. The maximum Gasteiger partial charge on any atom is 0.101 e. The first kappa shape index (κ1) is 14.1. The van der Waals surface area contributed by atoms with E-state index in [2.05, 4.69) is 41.4 Å². The third kappa shape index (κ3) is 4.08. The predicted octanol–water partition coefficient (Wildman–Crippen LogP) is 3.03. The number of rotatable bonds is 6. The van der Waals surface area contributed by atoms with Gasteiger partial charge in [-0.05, 0) is 37.6 Å². The van der Waals surface area contributed by atoms with Gasteiger partial charge in [-0.25, -0.2) is 4.98 Å². The summed E-state index contributed by atoms with van der Waals surface area (Å²) in [6, 6.07) is 4.57. The largest absolute Gasteiger partial charge is 0.310 e. The van der Waals surface area contributed by atoms with Gasteiger partial charge in [0.05, 0.1) is 11.1 Å². The lowest BCUT2D eigenvalue weighted by molar-refractivity contribution is 0.569. The van der Waals surface area contributed by atoms with Crippen LogP contribution in [-0.4, -0.2) is 21.3 Å². The first-order chi connectivity index (χ1) is 9.19. The van der Waals surface area contributed by atoms with Crippen LogP contribution in [0.3, 0.4) is 0 Å². The van der Waals surface area contributed by atoms with Crippen molar-refractivity contribution in [2.75, 3.05) is 6.54 Å². The Balaban J connectivity index is 2.06. The van der Waals surface area contributed by atoms with E-state index in [9.17, 15) is 0 Å². The number of aryl methyl sites for hydroxylation is 1. The molecule has 0 spiro atoms. The van der Waals surface area contributed by atoms with Crippen LogP contribution in [-0.2, 0) is 7.05 Å². The van der Waals surface area contributed by atoms with E-state index in [0.29, 0.717) is 6.04 Å². The Morgan fingerprint density at radius 2 is 2.32 bits per heavy atom. The second kappa shape index (κ2) is 6.73. The van der Waals surface area contributed by atoms with Gasteiger partial charge < -0.3 is 5.32 Å². The van der Waals surface area contributed by atoms with Crippen molar-refractivity contribution >= 4 is 11.8 Å². The van der Waals surface area contributed by atoms with Crippen LogP contribution < -0.4 is 5.32 Å². The van der Waals surface area contributed by atoms with E-state index in [4.69, 9.17) is 0 Å². The standard InChI is InChI=1S/C14H20N4S/c1-4-6-15-11(2)12-5-7-16-14(8-12)19-13-9-17-18(3)10-13/h5,7-11,15H,4,6H2,1-3H3. The molecule has 2 rings (SSSR count). The van der Waals surface area contributed by atoms with E-state index in [-0.39, 0.29) is 0 Å². The predicted molar refractivity (Wildman–Crippen MR) is 78.3 cm³/mol. The van der Waals surface area contributed by atoms with Crippen molar-refractivity contribution < 1.29 is 0 Å². The lowest BCUT2D eigenvalue weighted by Gasteiger charge is -2.13. The van der Waals surface area contributed by atoms with Crippen LogP contribution in [0.4, 0.5) is 0 Å². The zero-order valence-electron chi connectivity index (χ0n) is 11.6. The number of hydrogen-bond donors (Lipinski definition) is 1. The minimum Gasteiger partial charge on any atom is -0.310 e. The van der Waals surface area contributed by atoms with Crippen molar-refractivity contribution in [1.82, 2.24) is 20.1 Å². The number of aromatic nitrogens is 3. The Hall–Kier alpha value is -1.33. The van der Waals surface area contributed by atoms with E-state index in [1.807, 2.05) is 25.6 Å². The van der Waals surface area contributed by atoms with E-state index < -0.39 is 0 Å². The lowest BCUT2D eigenvalue weighted by Crippen LogP contribution is -2.19. The molecule has 2 aromatic rings. The summed E-state index contributed by atoms with van der Waals surface area (Å²) in [4.78, 5) is 5.52. The van der Waals surface area contributed by atoms with Crippen molar-refractivity contribution in [2.24, 2.45) is 7.05 Å². The quantitative estimate of drug-likeness (QED) is 0.880. The second-order valence-corrected chi connectivity index (χ2v) is 5.65. The molecule has 0 aliphatic rings. The van der Waals surface area contributed by atoms with Crippen LogP contribution in [0.15, 0.2) is 40.6 Å².